The first-order chi connectivity index (χ1) is 17.3. The van der Waals surface area contributed by atoms with Crippen molar-refractivity contribution in [1.29, 1.82) is 0 Å². The summed E-state index contributed by atoms with van der Waals surface area (Å²) in [6.07, 6.45) is 3.18. The Morgan fingerprint density at radius 2 is 1.89 bits per heavy atom. The van der Waals surface area contributed by atoms with Crippen LogP contribution in [-0.2, 0) is 11.4 Å². The lowest BCUT2D eigenvalue weighted by Gasteiger charge is -2.13. The molecule has 2 heterocycles. The van der Waals surface area contributed by atoms with Crippen LogP contribution < -0.4 is 9.47 Å². The van der Waals surface area contributed by atoms with E-state index in [1.807, 2.05) is 31.3 Å². The summed E-state index contributed by atoms with van der Waals surface area (Å²) in [6.45, 7) is 0.812. The van der Waals surface area contributed by atoms with Crippen LogP contribution in [0.1, 0.15) is 36.0 Å². The summed E-state index contributed by atoms with van der Waals surface area (Å²) in [5, 5.41) is 13.4. The van der Waals surface area contributed by atoms with Gasteiger partial charge < -0.3 is 14.6 Å². The number of pyridine rings is 1. The van der Waals surface area contributed by atoms with Crippen LogP contribution in [0.2, 0.25) is 0 Å². The molecular formula is C27H23F2N3O4. The fourth-order valence-electron chi connectivity index (χ4n) is 3.94. The molecule has 184 valence electrons. The lowest BCUT2D eigenvalue weighted by Crippen LogP contribution is -2.05. The molecule has 4 rings (SSSR count). The van der Waals surface area contributed by atoms with Crippen LogP contribution in [0.15, 0.2) is 61.1 Å². The van der Waals surface area contributed by atoms with Crippen molar-refractivity contribution in [2.45, 2.75) is 39.4 Å². The molecule has 1 N–H and O–H groups in total. The molecule has 1 unspecified atom stereocenters. The zero-order valence-electron chi connectivity index (χ0n) is 19.6. The number of alkyl halides is 2. The number of ether oxygens (including phenoxy) is 2. The summed E-state index contributed by atoms with van der Waals surface area (Å²) in [6, 6.07) is 13.9. The van der Waals surface area contributed by atoms with Gasteiger partial charge in [-0.3, -0.25) is 4.79 Å². The number of rotatable bonds is 9. The average Bonchev–Trinajstić information content (AvgIpc) is 3.31. The van der Waals surface area contributed by atoms with Crippen LogP contribution >= 0.6 is 0 Å². The highest BCUT2D eigenvalue weighted by Gasteiger charge is 2.15. The Bertz CT molecular complexity index is 1440. The third kappa shape index (κ3) is 5.78. The molecule has 2 aromatic heterocycles. The Morgan fingerprint density at radius 1 is 1.14 bits per heavy atom. The lowest BCUT2D eigenvalue weighted by atomic mass is 9.96. The molecule has 0 saturated carbocycles. The topological polar surface area (TPSA) is 86.0 Å². The van der Waals surface area contributed by atoms with Crippen molar-refractivity contribution in [3.05, 3.63) is 77.7 Å². The molecule has 4 aromatic rings. The summed E-state index contributed by atoms with van der Waals surface area (Å²) >= 11 is 0. The van der Waals surface area contributed by atoms with E-state index in [4.69, 9.17) is 9.84 Å². The van der Waals surface area contributed by atoms with Crippen LogP contribution in [0.4, 0.5) is 8.78 Å². The van der Waals surface area contributed by atoms with Gasteiger partial charge in [0.15, 0.2) is 5.65 Å². The molecule has 36 heavy (non-hydrogen) atoms. The fraction of sp³-hybridized carbons (Fsp3) is 0.222. The molecule has 1 atom stereocenters. The highest BCUT2D eigenvalue weighted by atomic mass is 19.3. The van der Waals surface area contributed by atoms with Gasteiger partial charge in [0, 0.05) is 17.3 Å². The molecule has 2 aromatic carbocycles. The third-order valence-corrected chi connectivity index (χ3v) is 5.56. The Morgan fingerprint density at radius 3 is 2.56 bits per heavy atom. The Kier molecular flexibility index (Phi) is 7.44. The van der Waals surface area contributed by atoms with Gasteiger partial charge in [-0.15, -0.1) is 5.92 Å². The molecule has 0 spiro atoms. The van der Waals surface area contributed by atoms with Gasteiger partial charge in [-0.25, -0.2) is 9.50 Å². The molecule has 0 aliphatic heterocycles. The second-order valence-electron chi connectivity index (χ2n) is 8.04. The number of carboxylic acid groups (broad SMARTS) is 1. The van der Waals surface area contributed by atoms with Crippen LogP contribution in [0.25, 0.3) is 16.8 Å². The largest absolute Gasteiger partial charge is 0.489 e. The standard InChI is InChI=1S/C27H23F2N3O4/c1-3-4-19(13-25(33)34)18-5-7-22(8-6-18)35-15-21-12-20(14-32-26(21)30-16-31-32)24-10-9-23(11-17(24)2)36-27(28)29/h5-12,14,16,19,27H,13,15H2,1-2H3,(H,33,34). The maximum Gasteiger partial charge on any atom is 0.387 e. The molecule has 7 nitrogen and oxygen atoms in total. The number of aryl methyl sites for hydroxylation is 1. The van der Waals surface area contributed by atoms with Crippen molar-refractivity contribution in [3.8, 4) is 34.5 Å². The predicted molar refractivity (Wildman–Crippen MR) is 129 cm³/mol. The highest BCUT2D eigenvalue weighted by molar-refractivity contribution is 5.70. The van der Waals surface area contributed by atoms with E-state index in [1.165, 1.54) is 12.4 Å². The van der Waals surface area contributed by atoms with Crippen LogP contribution in [0.5, 0.6) is 11.5 Å². The molecule has 9 heteroatoms. The number of nitrogens with zero attached hydrogens (tertiary/aromatic N) is 3. The monoisotopic (exact) mass is 491 g/mol. The minimum absolute atomic E-state index is 0.0760. The van der Waals surface area contributed by atoms with Gasteiger partial charge in [0.1, 0.15) is 24.4 Å². The number of hydrogen-bond donors (Lipinski definition) is 1. The number of hydrogen-bond acceptors (Lipinski definition) is 5. The number of fused-ring (bicyclic) bond motifs is 1. The number of halogens is 2. The van der Waals surface area contributed by atoms with Crippen LogP contribution in [-0.4, -0.2) is 32.3 Å². The average molecular weight is 491 g/mol. The van der Waals surface area contributed by atoms with E-state index in [1.54, 1.807) is 35.7 Å². The normalized spacial score (nSPS) is 11.7. The summed E-state index contributed by atoms with van der Waals surface area (Å²) in [4.78, 5) is 15.5. The number of aromatic nitrogens is 3. The van der Waals surface area contributed by atoms with Gasteiger partial charge in [-0.1, -0.05) is 24.1 Å². The van der Waals surface area contributed by atoms with Gasteiger partial charge in [0.05, 0.1) is 12.3 Å². The van der Waals surface area contributed by atoms with E-state index in [-0.39, 0.29) is 18.8 Å². The zero-order chi connectivity index (χ0) is 25.7. The molecule has 0 aliphatic carbocycles. The molecule has 0 saturated heterocycles. The molecule has 0 radical (unpaired) electrons. The summed E-state index contributed by atoms with van der Waals surface area (Å²) in [7, 11) is 0. The second-order valence-corrected chi connectivity index (χ2v) is 8.04. The number of carbonyl (C=O) groups is 1. The summed E-state index contributed by atoms with van der Waals surface area (Å²) in [5.41, 5.74) is 4.63. The van der Waals surface area contributed by atoms with Crippen molar-refractivity contribution >= 4 is 11.6 Å². The van der Waals surface area contributed by atoms with Gasteiger partial charge in [0.25, 0.3) is 0 Å². The predicted octanol–water partition coefficient (Wildman–Crippen LogP) is 5.47. The second kappa shape index (κ2) is 10.9. The first kappa shape index (κ1) is 24.7. The summed E-state index contributed by atoms with van der Waals surface area (Å²) in [5.74, 6) is 5.10. The van der Waals surface area contributed by atoms with Crippen molar-refractivity contribution in [2.75, 3.05) is 0 Å². The van der Waals surface area contributed by atoms with Crippen LogP contribution in [0, 0.1) is 18.8 Å². The molecule has 0 fully saturated rings. The van der Waals surface area contributed by atoms with E-state index in [0.29, 0.717) is 11.4 Å². The van der Waals surface area contributed by atoms with E-state index >= 15 is 0 Å². The fourth-order valence-corrected chi connectivity index (χ4v) is 3.94. The van der Waals surface area contributed by atoms with Crippen molar-refractivity contribution < 1.29 is 28.2 Å². The van der Waals surface area contributed by atoms with Crippen molar-refractivity contribution in [1.82, 2.24) is 14.6 Å². The van der Waals surface area contributed by atoms with Gasteiger partial charge in [-0.05, 0) is 60.9 Å². The Hall–Kier alpha value is -4.45. The molecule has 0 bridgehead atoms. The minimum Gasteiger partial charge on any atom is -0.489 e. The highest BCUT2D eigenvalue weighted by Crippen LogP contribution is 2.30. The first-order valence-corrected chi connectivity index (χ1v) is 11.1. The maximum absolute atomic E-state index is 12.6. The number of benzene rings is 2. The van der Waals surface area contributed by atoms with E-state index in [2.05, 4.69) is 26.7 Å². The minimum atomic E-state index is -2.89. The number of aliphatic carboxylic acids is 1. The van der Waals surface area contributed by atoms with Crippen molar-refractivity contribution in [3.63, 3.8) is 0 Å². The van der Waals surface area contributed by atoms with E-state index in [0.717, 1.165) is 27.8 Å². The Balaban J connectivity index is 1.56. The first-order valence-electron chi connectivity index (χ1n) is 11.1. The van der Waals surface area contributed by atoms with Gasteiger partial charge >= 0.3 is 12.6 Å². The molecule has 0 amide bonds. The molecule has 0 aliphatic rings. The summed E-state index contributed by atoms with van der Waals surface area (Å²) < 4.78 is 37.2. The van der Waals surface area contributed by atoms with Crippen molar-refractivity contribution in [2.24, 2.45) is 0 Å². The third-order valence-electron chi connectivity index (χ3n) is 5.56. The number of carboxylic acids is 1. The van der Waals surface area contributed by atoms with Gasteiger partial charge in [0.2, 0.25) is 0 Å². The quantitative estimate of drug-likeness (QED) is 0.313. The Labute approximate surface area is 206 Å². The van der Waals surface area contributed by atoms with Gasteiger partial charge in [-0.2, -0.15) is 13.9 Å². The lowest BCUT2D eigenvalue weighted by molar-refractivity contribution is -0.137. The maximum atomic E-state index is 12.6. The van der Waals surface area contributed by atoms with E-state index < -0.39 is 18.5 Å². The zero-order valence-corrected chi connectivity index (χ0v) is 19.6. The van der Waals surface area contributed by atoms with Crippen LogP contribution in [0.3, 0.4) is 0 Å². The SMILES string of the molecule is CC#CC(CC(=O)O)c1ccc(OCc2cc(-c3ccc(OC(F)F)cc3C)cn3ncnc23)cc1. The van der Waals surface area contributed by atoms with E-state index in [9.17, 15) is 13.6 Å². The molecular weight excluding hydrogens is 468 g/mol. The smallest absolute Gasteiger partial charge is 0.387 e.